The van der Waals surface area contributed by atoms with Crippen LogP contribution in [-0.4, -0.2) is 45.9 Å². The van der Waals surface area contributed by atoms with E-state index in [-0.39, 0.29) is 18.6 Å². The lowest BCUT2D eigenvalue weighted by Crippen LogP contribution is -2.38. The van der Waals surface area contributed by atoms with E-state index in [4.69, 9.17) is 4.74 Å². The molecule has 0 radical (unpaired) electrons. The van der Waals surface area contributed by atoms with Gasteiger partial charge in [0.05, 0.1) is 12.8 Å². The molecule has 0 saturated carbocycles. The number of methoxy groups -OCH3 is 1. The summed E-state index contributed by atoms with van der Waals surface area (Å²) in [5.74, 6) is 0.179. The second-order valence-corrected chi connectivity index (χ2v) is 4.52. The lowest BCUT2D eigenvalue weighted by atomic mass is 10.3. The van der Waals surface area contributed by atoms with E-state index in [0.717, 1.165) is 5.69 Å². The van der Waals surface area contributed by atoms with Gasteiger partial charge in [0.15, 0.2) is 0 Å². The van der Waals surface area contributed by atoms with Gasteiger partial charge in [-0.25, -0.2) is 0 Å². The average molecular weight is 275 g/mol. The Bertz CT molecular complexity index is 567. The quantitative estimate of drug-likeness (QED) is 0.759. The molecule has 0 aliphatic carbocycles. The molecular formula is C13H17N5O2. The summed E-state index contributed by atoms with van der Waals surface area (Å²) in [6.45, 7) is 4.03. The van der Waals surface area contributed by atoms with E-state index in [2.05, 4.69) is 15.5 Å². The van der Waals surface area contributed by atoms with Gasteiger partial charge in [-0.15, -0.1) is 0 Å². The molecule has 0 amide bonds. The smallest absolute Gasteiger partial charge is 0.325 e. The largest absolute Gasteiger partial charge is 0.468 e. The van der Waals surface area contributed by atoms with Crippen LogP contribution in [-0.2, 0) is 9.53 Å². The first-order chi connectivity index (χ1) is 9.63. The highest BCUT2D eigenvalue weighted by molar-refractivity contribution is 5.75. The molecule has 1 heterocycles. The molecule has 0 aliphatic heterocycles. The number of carbonyl (C=O) groups excluding carboxylic acids is 1. The second-order valence-electron chi connectivity index (χ2n) is 4.52. The van der Waals surface area contributed by atoms with Crippen molar-refractivity contribution in [2.45, 2.75) is 19.9 Å². The molecule has 0 aliphatic rings. The number of esters is 1. The molecule has 7 heteroatoms. The number of aromatic nitrogens is 4. The Morgan fingerprint density at radius 2 is 2.05 bits per heavy atom. The highest BCUT2D eigenvalue weighted by Gasteiger charge is 2.21. The summed E-state index contributed by atoms with van der Waals surface area (Å²) in [5.41, 5.74) is 0.836. The van der Waals surface area contributed by atoms with Crippen LogP contribution in [0.1, 0.15) is 13.8 Å². The normalized spacial score (nSPS) is 10.6. The van der Waals surface area contributed by atoms with Gasteiger partial charge in [-0.05, 0) is 36.4 Å². The summed E-state index contributed by atoms with van der Waals surface area (Å²) in [6, 6.07) is 9.58. The van der Waals surface area contributed by atoms with Crippen LogP contribution < -0.4 is 4.90 Å². The topological polar surface area (TPSA) is 73.1 Å². The zero-order valence-electron chi connectivity index (χ0n) is 11.7. The second kappa shape index (κ2) is 6.14. The highest BCUT2D eigenvalue weighted by Crippen LogP contribution is 2.17. The van der Waals surface area contributed by atoms with Crippen LogP contribution in [0, 0.1) is 0 Å². The third-order valence-electron chi connectivity index (χ3n) is 2.86. The van der Waals surface area contributed by atoms with Gasteiger partial charge in [0.2, 0.25) is 0 Å². The van der Waals surface area contributed by atoms with Crippen molar-refractivity contribution in [3.63, 3.8) is 0 Å². The van der Waals surface area contributed by atoms with Crippen molar-refractivity contribution in [3.8, 4) is 5.69 Å². The van der Waals surface area contributed by atoms with E-state index in [9.17, 15) is 4.79 Å². The van der Waals surface area contributed by atoms with Crippen molar-refractivity contribution in [1.29, 1.82) is 0 Å². The maximum atomic E-state index is 11.5. The molecule has 0 spiro atoms. The molecule has 0 fully saturated rings. The molecule has 0 bridgehead atoms. The molecule has 0 unspecified atom stereocenters. The monoisotopic (exact) mass is 275 g/mol. The standard InChI is InChI=1S/C13H17N5O2/c1-10(2)17(9-12(19)20-3)13-14-15-16-18(13)11-7-5-4-6-8-11/h4-8,10H,9H2,1-3H3. The van der Waals surface area contributed by atoms with Crippen molar-refractivity contribution in [2.24, 2.45) is 0 Å². The molecule has 106 valence electrons. The molecule has 20 heavy (non-hydrogen) atoms. The van der Waals surface area contributed by atoms with Gasteiger partial charge in [0, 0.05) is 6.04 Å². The Labute approximate surface area is 117 Å². The fourth-order valence-corrected chi connectivity index (χ4v) is 1.79. The molecule has 0 saturated heterocycles. The lowest BCUT2D eigenvalue weighted by molar-refractivity contribution is -0.139. The zero-order chi connectivity index (χ0) is 14.5. The van der Waals surface area contributed by atoms with Gasteiger partial charge in [0.25, 0.3) is 5.95 Å². The molecule has 2 aromatic rings. The predicted molar refractivity (Wildman–Crippen MR) is 73.7 cm³/mol. The fraction of sp³-hybridized carbons (Fsp3) is 0.385. The van der Waals surface area contributed by atoms with Gasteiger partial charge in [0.1, 0.15) is 6.54 Å². The minimum atomic E-state index is -0.332. The Balaban J connectivity index is 2.36. The molecule has 1 aromatic carbocycles. The van der Waals surface area contributed by atoms with E-state index >= 15 is 0 Å². The van der Waals surface area contributed by atoms with Crippen LogP contribution in [0.5, 0.6) is 0 Å². The first kappa shape index (κ1) is 14.0. The summed E-state index contributed by atoms with van der Waals surface area (Å²) in [7, 11) is 1.36. The van der Waals surface area contributed by atoms with Crippen molar-refractivity contribution >= 4 is 11.9 Å². The first-order valence-corrected chi connectivity index (χ1v) is 6.30. The number of hydrogen-bond acceptors (Lipinski definition) is 6. The Morgan fingerprint density at radius 1 is 1.35 bits per heavy atom. The number of carbonyl (C=O) groups is 1. The number of rotatable bonds is 5. The Hall–Kier alpha value is -2.44. The van der Waals surface area contributed by atoms with E-state index in [1.807, 2.05) is 44.2 Å². The van der Waals surface area contributed by atoms with Crippen molar-refractivity contribution in [3.05, 3.63) is 30.3 Å². The number of ether oxygens (including phenoxy) is 1. The van der Waals surface area contributed by atoms with E-state index in [0.29, 0.717) is 5.95 Å². The predicted octanol–water partition coefficient (Wildman–Crippen LogP) is 1.05. The minimum Gasteiger partial charge on any atom is -0.468 e. The summed E-state index contributed by atoms with van der Waals surface area (Å²) < 4.78 is 6.32. The number of nitrogens with zero attached hydrogens (tertiary/aromatic N) is 5. The zero-order valence-corrected chi connectivity index (χ0v) is 11.7. The number of benzene rings is 1. The molecular weight excluding hydrogens is 258 g/mol. The van der Waals surface area contributed by atoms with Crippen LogP contribution in [0.4, 0.5) is 5.95 Å². The number of para-hydroxylation sites is 1. The maximum absolute atomic E-state index is 11.5. The summed E-state index contributed by atoms with van der Waals surface area (Å²) in [5, 5.41) is 11.7. The van der Waals surface area contributed by atoms with Gasteiger partial charge >= 0.3 is 5.97 Å². The molecule has 0 atom stereocenters. The average Bonchev–Trinajstić information content (AvgIpc) is 2.94. The summed E-state index contributed by atoms with van der Waals surface area (Å²) >= 11 is 0. The number of anilines is 1. The highest BCUT2D eigenvalue weighted by atomic mass is 16.5. The Morgan fingerprint density at radius 3 is 2.65 bits per heavy atom. The minimum absolute atomic E-state index is 0.0579. The maximum Gasteiger partial charge on any atom is 0.325 e. The van der Waals surface area contributed by atoms with Crippen molar-refractivity contribution < 1.29 is 9.53 Å². The molecule has 2 rings (SSSR count). The number of hydrogen-bond donors (Lipinski definition) is 0. The van der Waals surface area contributed by atoms with E-state index < -0.39 is 0 Å². The van der Waals surface area contributed by atoms with Crippen LogP contribution in [0.25, 0.3) is 5.69 Å². The van der Waals surface area contributed by atoms with Crippen LogP contribution in [0.3, 0.4) is 0 Å². The van der Waals surface area contributed by atoms with Gasteiger partial charge < -0.3 is 9.64 Å². The Kier molecular flexibility index (Phi) is 4.29. The van der Waals surface area contributed by atoms with E-state index in [1.165, 1.54) is 7.11 Å². The van der Waals surface area contributed by atoms with Crippen molar-refractivity contribution in [2.75, 3.05) is 18.6 Å². The van der Waals surface area contributed by atoms with Crippen LogP contribution in [0.2, 0.25) is 0 Å². The summed E-state index contributed by atoms with van der Waals surface area (Å²) in [4.78, 5) is 13.3. The summed E-state index contributed by atoms with van der Waals surface area (Å²) in [6.07, 6.45) is 0. The van der Waals surface area contributed by atoms with Crippen LogP contribution >= 0.6 is 0 Å². The first-order valence-electron chi connectivity index (χ1n) is 6.30. The van der Waals surface area contributed by atoms with E-state index in [1.54, 1.807) is 9.58 Å². The molecule has 0 N–H and O–H groups in total. The fourth-order valence-electron chi connectivity index (χ4n) is 1.79. The van der Waals surface area contributed by atoms with Crippen LogP contribution in [0.15, 0.2) is 30.3 Å². The third-order valence-corrected chi connectivity index (χ3v) is 2.86. The molecule has 7 nitrogen and oxygen atoms in total. The molecule has 1 aromatic heterocycles. The SMILES string of the molecule is COC(=O)CN(c1nnnn1-c1ccccc1)C(C)C. The van der Waals surface area contributed by atoms with Gasteiger partial charge in [-0.3, -0.25) is 4.79 Å². The number of tetrazole rings is 1. The third kappa shape index (κ3) is 2.93. The van der Waals surface area contributed by atoms with Crippen molar-refractivity contribution in [1.82, 2.24) is 20.2 Å². The van der Waals surface area contributed by atoms with Gasteiger partial charge in [-0.2, -0.15) is 4.68 Å². The van der Waals surface area contributed by atoms with Gasteiger partial charge in [-0.1, -0.05) is 23.3 Å². The lowest BCUT2D eigenvalue weighted by Gasteiger charge is -2.25.